The number of benzene rings is 1. The van der Waals surface area contributed by atoms with Crippen molar-refractivity contribution in [3.05, 3.63) is 78.5 Å². The first-order valence-electron chi connectivity index (χ1n) is 9.37. The molecule has 29 heavy (non-hydrogen) atoms. The molecule has 0 radical (unpaired) electrons. The number of carbonyl (C=O) groups is 1. The lowest BCUT2D eigenvalue weighted by Crippen LogP contribution is -2.31. The Morgan fingerprint density at radius 2 is 1.93 bits per heavy atom. The van der Waals surface area contributed by atoms with E-state index in [1.807, 2.05) is 59.9 Å². The molecule has 4 aromatic rings. The van der Waals surface area contributed by atoms with Crippen LogP contribution in [0, 0.1) is 5.82 Å². The van der Waals surface area contributed by atoms with Gasteiger partial charge in [-0.05, 0) is 61.6 Å². The van der Waals surface area contributed by atoms with Gasteiger partial charge in [-0.2, -0.15) is 5.10 Å². The van der Waals surface area contributed by atoms with E-state index in [1.165, 1.54) is 12.1 Å². The number of nitrogens with one attached hydrogen (secondary N) is 1. The number of carbonyl (C=O) groups excluding carboxylic acids is 1. The first-order chi connectivity index (χ1) is 14.0. The third-order valence-electron chi connectivity index (χ3n) is 4.69. The number of hydrogen-bond acceptors (Lipinski definition) is 3. The number of hydrogen-bond donors (Lipinski definition) is 1. The van der Waals surface area contributed by atoms with E-state index >= 15 is 0 Å². The van der Waals surface area contributed by atoms with Gasteiger partial charge in [0.25, 0.3) is 5.91 Å². The van der Waals surface area contributed by atoms with Gasteiger partial charge in [-0.3, -0.25) is 4.79 Å². The molecule has 0 atom stereocenters. The van der Waals surface area contributed by atoms with Crippen molar-refractivity contribution in [1.29, 1.82) is 0 Å². The number of halogens is 1. The van der Waals surface area contributed by atoms with Crippen LogP contribution in [0.25, 0.3) is 22.5 Å². The van der Waals surface area contributed by atoms with Crippen molar-refractivity contribution in [2.75, 3.05) is 27.2 Å². The highest BCUT2D eigenvalue weighted by Gasteiger charge is 2.12. The Morgan fingerprint density at radius 1 is 1.10 bits per heavy atom. The van der Waals surface area contributed by atoms with E-state index in [9.17, 15) is 9.18 Å². The minimum Gasteiger partial charge on any atom is -0.349 e. The number of amides is 1. The summed E-state index contributed by atoms with van der Waals surface area (Å²) in [5.41, 5.74) is 3.03. The van der Waals surface area contributed by atoms with Crippen LogP contribution in [-0.4, -0.2) is 52.2 Å². The summed E-state index contributed by atoms with van der Waals surface area (Å²) in [7, 11) is 3.91. The molecule has 148 valence electrons. The molecule has 0 bridgehead atoms. The Labute approximate surface area is 168 Å². The summed E-state index contributed by atoms with van der Waals surface area (Å²) in [6.07, 6.45) is 3.70. The van der Waals surface area contributed by atoms with E-state index in [-0.39, 0.29) is 11.7 Å². The van der Waals surface area contributed by atoms with Gasteiger partial charge in [-0.25, -0.2) is 9.07 Å². The summed E-state index contributed by atoms with van der Waals surface area (Å²) in [5.74, 6) is 0.324. The van der Waals surface area contributed by atoms with Crippen LogP contribution in [0.1, 0.15) is 10.5 Å². The van der Waals surface area contributed by atoms with Crippen LogP contribution < -0.4 is 5.32 Å². The van der Waals surface area contributed by atoms with Crippen LogP contribution in [0.2, 0.25) is 0 Å². The summed E-state index contributed by atoms with van der Waals surface area (Å²) in [6, 6.07) is 16.0. The van der Waals surface area contributed by atoms with Crippen molar-refractivity contribution >= 4 is 11.4 Å². The first kappa shape index (κ1) is 18.9. The van der Waals surface area contributed by atoms with Gasteiger partial charge < -0.3 is 14.6 Å². The van der Waals surface area contributed by atoms with E-state index < -0.39 is 0 Å². The van der Waals surface area contributed by atoms with Gasteiger partial charge in [-0.15, -0.1) is 0 Å². The zero-order valence-electron chi connectivity index (χ0n) is 16.3. The van der Waals surface area contributed by atoms with Crippen molar-refractivity contribution in [3.8, 4) is 16.9 Å². The third kappa shape index (κ3) is 4.05. The quantitative estimate of drug-likeness (QED) is 0.549. The SMILES string of the molecule is CN(C)CCNC(=O)c1ccn(-c2ccc3ccc(-c4cccc(F)c4)cn23)n1. The normalized spacial score (nSPS) is 11.3. The fraction of sp³-hybridized carbons (Fsp3) is 0.182. The molecule has 0 unspecified atom stereocenters. The van der Waals surface area contributed by atoms with Gasteiger partial charge in [-0.1, -0.05) is 18.2 Å². The van der Waals surface area contributed by atoms with Crippen LogP contribution >= 0.6 is 0 Å². The summed E-state index contributed by atoms with van der Waals surface area (Å²) in [4.78, 5) is 14.3. The van der Waals surface area contributed by atoms with Crippen molar-refractivity contribution in [3.63, 3.8) is 0 Å². The molecule has 4 rings (SSSR count). The number of rotatable bonds is 6. The van der Waals surface area contributed by atoms with Crippen molar-refractivity contribution in [2.24, 2.45) is 0 Å². The Balaban J connectivity index is 1.62. The van der Waals surface area contributed by atoms with Crippen LogP contribution in [-0.2, 0) is 0 Å². The Kier molecular flexibility index (Phi) is 5.14. The highest BCUT2D eigenvalue weighted by molar-refractivity contribution is 5.92. The van der Waals surface area contributed by atoms with Gasteiger partial charge >= 0.3 is 0 Å². The minimum atomic E-state index is -0.271. The number of pyridine rings is 1. The zero-order chi connectivity index (χ0) is 20.4. The lowest BCUT2D eigenvalue weighted by atomic mass is 10.1. The molecule has 7 heteroatoms. The Bertz CT molecular complexity index is 1160. The predicted octanol–water partition coefficient (Wildman–Crippen LogP) is 3.22. The smallest absolute Gasteiger partial charge is 0.271 e. The molecule has 1 N–H and O–H groups in total. The fourth-order valence-corrected chi connectivity index (χ4v) is 3.17. The predicted molar refractivity (Wildman–Crippen MR) is 111 cm³/mol. The van der Waals surface area contributed by atoms with Crippen LogP contribution in [0.4, 0.5) is 4.39 Å². The van der Waals surface area contributed by atoms with E-state index in [4.69, 9.17) is 0 Å². The lowest BCUT2D eigenvalue weighted by Gasteiger charge is -2.09. The van der Waals surface area contributed by atoms with E-state index in [1.54, 1.807) is 23.0 Å². The van der Waals surface area contributed by atoms with Crippen LogP contribution in [0.3, 0.4) is 0 Å². The highest BCUT2D eigenvalue weighted by Crippen LogP contribution is 2.23. The molecule has 6 nitrogen and oxygen atoms in total. The van der Waals surface area contributed by atoms with Gasteiger partial charge in [0.2, 0.25) is 0 Å². The topological polar surface area (TPSA) is 54.6 Å². The lowest BCUT2D eigenvalue weighted by molar-refractivity contribution is 0.0945. The van der Waals surface area contributed by atoms with E-state index in [0.717, 1.165) is 29.0 Å². The third-order valence-corrected chi connectivity index (χ3v) is 4.69. The molecule has 3 aromatic heterocycles. The van der Waals surface area contributed by atoms with Crippen LogP contribution in [0.5, 0.6) is 0 Å². The molecule has 0 fully saturated rings. The van der Waals surface area contributed by atoms with Crippen molar-refractivity contribution in [2.45, 2.75) is 0 Å². The zero-order valence-corrected chi connectivity index (χ0v) is 16.3. The molecule has 0 saturated heterocycles. The standard InChI is InChI=1S/C22H22FN5O/c1-26(2)13-11-24-22(29)20-10-12-28(25-20)21-9-8-19-7-6-17(15-27(19)21)16-4-3-5-18(23)14-16/h3-10,12,14-15H,11,13H2,1-2H3,(H,24,29). The Hall–Kier alpha value is -3.45. The maximum absolute atomic E-state index is 13.6. The largest absolute Gasteiger partial charge is 0.349 e. The van der Waals surface area contributed by atoms with Gasteiger partial charge in [0.1, 0.15) is 11.6 Å². The molecule has 1 aromatic carbocycles. The maximum Gasteiger partial charge on any atom is 0.271 e. The highest BCUT2D eigenvalue weighted by atomic mass is 19.1. The van der Waals surface area contributed by atoms with E-state index in [2.05, 4.69) is 10.4 Å². The molecule has 0 aliphatic rings. The van der Waals surface area contributed by atoms with Gasteiger partial charge in [0.05, 0.1) is 0 Å². The molecular formula is C22H22FN5O. The summed E-state index contributed by atoms with van der Waals surface area (Å²) in [5, 5.41) is 7.29. The number of aromatic nitrogens is 3. The molecule has 3 heterocycles. The molecule has 0 spiro atoms. The first-order valence-corrected chi connectivity index (χ1v) is 9.37. The second-order valence-corrected chi connectivity index (χ2v) is 7.12. The summed E-state index contributed by atoms with van der Waals surface area (Å²) >= 11 is 0. The van der Waals surface area contributed by atoms with Crippen LogP contribution in [0.15, 0.2) is 67.0 Å². The second kappa shape index (κ2) is 7.89. The Morgan fingerprint density at radius 3 is 2.72 bits per heavy atom. The average molecular weight is 391 g/mol. The van der Waals surface area contributed by atoms with Crippen molar-refractivity contribution < 1.29 is 9.18 Å². The number of nitrogens with zero attached hydrogens (tertiary/aromatic N) is 4. The summed E-state index contributed by atoms with van der Waals surface area (Å²) in [6.45, 7) is 1.32. The van der Waals surface area contributed by atoms with Gasteiger partial charge in [0, 0.05) is 31.0 Å². The monoisotopic (exact) mass is 391 g/mol. The molecule has 0 aliphatic heterocycles. The number of fused-ring (bicyclic) bond motifs is 1. The number of likely N-dealkylation sites (N-methyl/N-ethyl adjacent to an activating group) is 1. The minimum absolute atomic E-state index is 0.202. The fourth-order valence-electron chi connectivity index (χ4n) is 3.17. The van der Waals surface area contributed by atoms with E-state index in [0.29, 0.717) is 12.2 Å². The summed E-state index contributed by atoms with van der Waals surface area (Å²) < 4.78 is 17.2. The average Bonchev–Trinajstić information content (AvgIpc) is 3.34. The molecule has 0 saturated carbocycles. The molecule has 0 aliphatic carbocycles. The maximum atomic E-state index is 13.6. The molecule has 1 amide bonds. The molecular weight excluding hydrogens is 369 g/mol. The second-order valence-electron chi connectivity index (χ2n) is 7.12. The van der Waals surface area contributed by atoms with Crippen molar-refractivity contribution in [1.82, 2.24) is 24.4 Å². The van der Waals surface area contributed by atoms with Gasteiger partial charge in [0.15, 0.2) is 5.69 Å².